The van der Waals surface area contributed by atoms with E-state index in [9.17, 15) is 4.79 Å². The van der Waals surface area contributed by atoms with E-state index in [2.05, 4.69) is 31.3 Å². The fraction of sp³-hybridized carbons (Fsp3) is 0.444. The summed E-state index contributed by atoms with van der Waals surface area (Å²) in [5, 5.41) is 17.2. The number of aryl methyl sites for hydroxylation is 1. The number of nitrogens with one attached hydrogen (secondary N) is 1. The van der Waals surface area contributed by atoms with Gasteiger partial charge in [-0.25, -0.2) is 0 Å². The van der Waals surface area contributed by atoms with Gasteiger partial charge in [0.1, 0.15) is 0 Å². The molecule has 0 spiro atoms. The van der Waals surface area contributed by atoms with Crippen LogP contribution >= 0.6 is 0 Å². The molecule has 2 aromatic rings. The minimum Gasteiger partial charge on any atom is -0.481 e. The topological polar surface area (TPSA) is 67.2 Å². The van der Waals surface area contributed by atoms with Crippen LogP contribution in [-0.4, -0.2) is 27.4 Å². The fourth-order valence-electron chi connectivity index (χ4n) is 3.30. The van der Waals surface area contributed by atoms with Crippen molar-refractivity contribution >= 4 is 5.97 Å². The molecule has 0 saturated carbocycles. The highest BCUT2D eigenvalue weighted by Crippen LogP contribution is 2.35. The average Bonchev–Trinajstić information content (AvgIpc) is 2.93. The van der Waals surface area contributed by atoms with Crippen molar-refractivity contribution in [3.8, 4) is 0 Å². The second kappa shape index (κ2) is 6.16. The van der Waals surface area contributed by atoms with Gasteiger partial charge in [0.05, 0.1) is 18.7 Å². The van der Waals surface area contributed by atoms with Gasteiger partial charge in [-0.15, -0.1) is 0 Å². The standard InChI is InChI=1S/C18H23N3O2/c1-18(2,13-6-4-3-5-7-13)17-14-12-19-10-8-15(14)21(20-17)11-9-16(22)23/h3-7,19H,8-12H2,1-2H3,(H,22,23). The lowest BCUT2D eigenvalue weighted by Gasteiger charge is -2.26. The summed E-state index contributed by atoms with van der Waals surface area (Å²) in [4.78, 5) is 10.9. The Balaban J connectivity index is 2.03. The van der Waals surface area contributed by atoms with Crippen LogP contribution in [0.4, 0.5) is 0 Å². The van der Waals surface area contributed by atoms with Gasteiger partial charge in [0.2, 0.25) is 0 Å². The summed E-state index contributed by atoms with van der Waals surface area (Å²) in [6, 6.07) is 10.4. The maximum Gasteiger partial charge on any atom is 0.305 e. The minimum atomic E-state index is -0.785. The summed E-state index contributed by atoms with van der Waals surface area (Å²) < 4.78 is 1.91. The van der Waals surface area contributed by atoms with Crippen molar-refractivity contribution in [2.75, 3.05) is 6.54 Å². The Hall–Kier alpha value is -2.14. The lowest BCUT2D eigenvalue weighted by atomic mass is 9.79. The number of hydrogen-bond acceptors (Lipinski definition) is 3. The van der Waals surface area contributed by atoms with E-state index in [4.69, 9.17) is 10.2 Å². The van der Waals surface area contributed by atoms with Crippen LogP contribution in [0.25, 0.3) is 0 Å². The van der Waals surface area contributed by atoms with Crippen LogP contribution < -0.4 is 5.32 Å². The van der Waals surface area contributed by atoms with E-state index < -0.39 is 5.97 Å². The maximum atomic E-state index is 10.9. The second-order valence-electron chi connectivity index (χ2n) is 6.56. The molecule has 0 saturated heterocycles. The van der Waals surface area contributed by atoms with Crippen LogP contribution in [0.3, 0.4) is 0 Å². The summed E-state index contributed by atoms with van der Waals surface area (Å²) in [5.41, 5.74) is 4.48. The highest BCUT2D eigenvalue weighted by Gasteiger charge is 2.32. The van der Waals surface area contributed by atoms with Crippen LogP contribution in [-0.2, 0) is 29.7 Å². The Morgan fingerprint density at radius 3 is 2.78 bits per heavy atom. The Morgan fingerprint density at radius 1 is 1.35 bits per heavy atom. The van der Waals surface area contributed by atoms with Crippen LogP contribution in [0.15, 0.2) is 30.3 Å². The highest BCUT2D eigenvalue weighted by atomic mass is 16.4. The van der Waals surface area contributed by atoms with Crippen molar-refractivity contribution in [3.63, 3.8) is 0 Å². The maximum absolute atomic E-state index is 10.9. The summed E-state index contributed by atoms with van der Waals surface area (Å²) in [6.45, 7) is 6.51. The third-order valence-corrected chi connectivity index (χ3v) is 4.63. The molecule has 0 aliphatic carbocycles. The smallest absolute Gasteiger partial charge is 0.305 e. The van der Waals surface area contributed by atoms with Gasteiger partial charge < -0.3 is 10.4 Å². The number of carboxylic acids is 1. The van der Waals surface area contributed by atoms with Crippen molar-refractivity contribution < 1.29 is 9.90 Å². The van der Waals surface area contributed by atoms with Crippen molar-refractivity contribution in [2.24, 2.45) is 0 Å². The number of aromatic nitrogens is 2. The molecule has 0 radical (unpaired) electrons. The van der Waals surface area contributed by atoms with E-state index in [1.165, 1.54) is 16.8 Å². The van der Waals surface area contributed by atoms with E-state index in [-0.39, 0.29) is 11.8 Å². The zero-order valence-electron chi connectivity index (χ0n) is 13.7. The van der Waals surface area contributed by atoms with Crippen LogP contribution in [0.5, 0.6) is 0 Å². The zero-order valence-corrected chi connectivity index (χ0v) is 13.7. The summed E-state index contributed by atoms with van der Waals surface area (Å²) in [6.07, 6.45) is 1.000. The van der Waals surface area contributed by atoms with Crippen molar-refractivity contribution in [1.29, 1.82) is 0 Å². The first-order chi connectivity index (χ1) is 11.0. The predicted molar refractivity (Wildman–Crippen MR) is 88.5 cm³/mol. The molecule has 23 heavy (non-hydrogen) atoms. The predicted octanol–water partition coefficient (Wildman–Crippen LogP) is 2.33. The lowest BCUT2D eigenvalue weighted by Crippen LogP contribution is -2.28. The molecule has 1 aromatic heterocycles. The molecule has 0 unspecified atom stereocenters. The van der Waals surface area contributed by atoms with Gasteiger partial charge in [0.15, 0.2) is 0 Å². The van der Waals surface area contributed by atoms with Crippen LogP contribution in [0, 0.1) is 0 Å². The molecule has 1 aliphatic heterocycles. The number of nitrogens with zero attached hydrogens (tertiary/aromatic N) is 2. The molecule has 1 aromatic carbocycles. The quantitative estimate of drug-likeness (QED) is 0.889. The van der Waals surface area contributed by atoms with E-state index in [0.29, 0.717) is 6.54 Å². The molecule has 122 valence electrons. The van der Waals surface area contributed by atoms with E-state index in [0.717, 1.165) is 25.2 Å². The molecular weight excluding hydrogens is 290 g/mol. The molecule has 1 aliphatic rings. The SMILES string of the molecule is CC(C)(c1ccccc1)c1nn(CCC(=O)O)c2c1CNCC2. The molecule has 5 nitrogen and oxygen atoms in total. The molecule has 0 atom stereocenters. The van der Waals surface area contributed by atoms with Crippen molar-refractivity contribution in [2.45, 2.75) is 45.2 Å². The fourth-order valence-corrected chi connectivity index (χ4v) is 3.30. The zero-order chi connectivity index (χ0) is 16.4. The molecule has 0 fully saturated rings. The molecule has 3 rings (SSSR count). The van der Waals surface area contributed by atoms with E-state index in [1.807, 2.05) is 22.9 Å². The Bertz CT molecular complexity index is 705. The van der Waals surface area contributed by atoms with E-state index >= 15 is 0 Å². The molecule has 0 bridgehead atoms. The Kier molecular flexibility index (Phi) is 4.22. The number of benzene rings is 1. The van der Waals surface area contributed by atoms with Gasteiger partial charge in [0.25, 0.3) is 0 Å². The number of carbonyl (C=O) groups is 1. The van der Waals surface area contributed by atoms with Gasteiger partial charge >= 0.3 is 5.97 Å². The van der Waals surface area contributed by atoms with Gasteiger partial charge in [-0.05, 0) is 5.56 Å². The molecule has 2 N–H and O–H groups in total. The highest BCUT2D eigenvalue weighted by molar-refractivity contribution is 5.66. The molecule has 2 heterocycles. The third kappa shape index (κ3) is 3.01. The molecular formula is C18H23N3O2. The van der Waals surface area contributed by atoms with Gasteiger partial charge in [0, 0.05) is 36.2 Å². The molecule has 0 amide bonds. The monoisotopic (exact) mass is 313 g/mol. The molecule has 5 heteroatoms. The largest absolute Gasteiger partial charge is 0.481 e. The van der Waals surface area contributed by atoms with Gasteiger partial charge in [-0.2, -0.15) is 5.10 Å². The number of rotatable bonds is 5. The summed E-state index contributed by atoms with van der Waals surface area (Å²) in [5.74, 6) is -0.785. The first-order valence-electron chi connectivity index (χ1n) is 8.07. The number of fused-ring (bicyclic) bond motifs is 1. The lowest BCUT2D eigenvalue weighted by molar-refractivity contribution is -0.137. The van der Waals surface area contributed by atoms with Gasteiger partial charge in [-0.1, -0.05) is 44.2 Å². The van der Waals surface area contributed by atoms with Gasteiger partial charge in [-0.3, -0.25) is 9.48 Å². The number of hydrogen-bond donors (Lipinski definition) is 2. The minimum absolute atomic E-state index is 0.104. The third-order valence-electron chi connectivity index (χ3n) is 4.63. The second-order valence-corrected chi connectivity index (χ2v) is 6.56. The van der Waals surface area contributed by atoms with Crippen molar-refractivity contribution in [3.05, 3.63) is 52.8 Å². The van der Waals surface area contributed by atoms with Crippen LogP contribution in [0.2, 0.25) is 0 Å². The average molecular weight is 313 g/mol. The summed E-state index contributed by atoms with van der Waals surface area (Å²) >= 11 is 0. The Labute approximate surface area is 136 Å². The van der Waals surface area contributed by atoms with Crippen molar-refractivity contribution in [1.82, 2.24) is 15.1 Å². The summed E-state index contributed by atoms with van der Waals surface area (Å²) in [7, 11) is 0. The normalized spacial score (nSPS) is 14.5. The first-order valence-corrected chi connectivity index (χ1v) is 8.07. The Morgan fingerprint density at radius 2 is 2.09 bits per heavy atom. The number of aliphatic carboxylic acids is 1. The first kappa shape index (κ1) is 15.7. The number of carboxylic acid groups (broad SMARTS) is 1. The van der Waals surface area contributed by atoms with Crippen LogP contribution in [0.1, 0.15) is 42.8 Å². The van der Waals surface area contributed by atoms with E-state index in [1.54, 1.807) is 0 Å².